The summed E-state index contributed by atoms with van der Waals surface area (Å²) in [5, 5.41) is 0. The Bertz CT molecular complexity index is 484. The van der Waals surface area contributed by atoms with Crippen LogP contribution in [0, 0.1) is 31.4 Å². The molecule has 112 valence electrons. The Morgan fingerprint density at radius 2 is 1.85 bits per heavy atom. The van der Waals surface area contributed by atoms with Crippen LogP contribution < -0.4 is 0 Å². The first kappa shape index (κ1) is 15.4. The summed E-state index contributed by atoms with van der Waals surface area (Å²) in [6, 6.07) is 1.77. The molecule has 0 saturated carbocycles. The molecule has 0 N–H and O–H groups in total. The molecule has 0 radical (unpaired) electrons. The highest BCUT2D eigenvalue weighted by molar-refractivity contribution is 5.33. The number of halogens is 2. The van der Waals surface area contributed by atoms with Crippen LogP contribution in [0.25, 0.3) is 0 Å². The van der Waals surface area contributed by atoms with Crippen molar-refractivity contribution < 1.29 is 13.5 Å². The fourth-order valence-electron chi connectivity index (χ4n) is 3.01. The lowest BCUT2D eigenvalue weighted by Crippen LogP contribution is -2.32. The van der Waals surface area contributed by atoms with Gasteiger partial charge in [0, 0.05) is 0 Å². The van der Waals surface area contributed by atoms with Crippen molar-refractivity contribution in [1.82, 2.24) is 0 Å². The van der Waals surface area contributed by atoms with E-state index in [1.54, 1.807) is 19.9 Å². The van der Waals surface area contributed by atoms with Crippen molar-refractivity contribution in [3.05, 3.63) is 34.4 Å². The zero-order valence-electron chi connectivity index (χ0n) is 12.8. The summed E-state index contributed by atoms with van der Waals surface area (Å²) in [5.74, 6) is -0.883. The van der Waals surface area contributed by atoms with Crippen molar-refractivity contribution in [2.24, 2.45) is 5.92 Å². The molecular weight excluding hydrogens is 258 g/mol. The molecular formula is C17H24F2O. The predicted octanol–water partition coefficient (Wildman–Crippen LogP) is 4.72. The van der Waals surface area contributed by atoms with Gasteiger partial charge in [-0.2, -0.15) is 0 Å². The van der Waals surface area contributed by atoms with Gasteiger partial charge in [-0.3, -0.25) is 0 Å². The predicted molar refractivity (Wildman–Crippen MR) is 76.9 cm³/mol. The molecule has 0 amide bonds. The van der Waals surface area contributed by atoms with Gasteiger partial charge in [0.2, 0.25) is 0 Å². The van der Waals surface area contributed by atoms with Crippen molar-refractivity contribution in [2.45, 2.75) is 65.6 Å². The lowest BCUT2D eigenvalue weighted by Gasteiger charge is -2.33. The summed E-state index contributed by atoms with van der Waals surface area (Å²) >= 11 is 0. The first-order chi connectivity index (χ1) is 9.40. The maximum absolute atomic E-state index is 13.8. The summed E-state index contributed by atoms with van der Waals surface area (Å²) in [5.41, 5.74) is 1.72. The van der Waals surface area contributed by atoms with Gasteiger partial charge in [0.1, 0.15) is 0 Å². The summed E-state index contributed by atoms with van der Waals surface area (Å²) < 4.78 is 33.2. The standard InChI is InChI=1S/C17H24F2O/c1-10-5-6-12(3)20-15(10)8-7-14-9-11(2)16(18)17(19)13(14)4/h9-10,12,15H,5-8H2,1-4H3. The van der Waals surface area contributed by atoms with Crippen LogP contribution in [0.2, 0.25) is 0 Å². The molecule has 1 nitrogen and oxygen atoms in total. The van der Waals surface area contributed by atoms with E-state index in [4.69, 9.17) is 4.74 Å². The summed E-state index contributed by atoms with van der Waals surface area (Å²) in [6.07, 6.45) is 4.45. The van der Waals surface area contributed by atoms with Gasteiger partial charge in [-0.15, -0.1) is 0 Å². The lowest BCUT2D eigenvalue weighted by atomic mass is 9.89. The fraction of sp³-hybridized carbons (Fsp3) is 0.647. The summed E-state index contributed by atoms with van der Waals surface area (Å²) in [6.45, 7) is 7.58. The molecule has 0 aliphatic carbocycles. The third kappa shape index (κ3) is 3.20. The average Bonchev–Trinajstić information content (AvgIpc) is 2.42. The van der Waals surface area contributed by atoms with Gasteiger partial charge in [0.15, 0.2) is 11.6 Å². The second kappa shape index (κ2) is 6.21. The van der Waals surface area contributed by atoms with Crippen LogP contribution in [0.5, 0.6) is 0 Å². The Hall–Kier alpha value is -0.960. The molecule has 1 aromatic rings. The smallest absolute Gasteiger partial charge is 0.162 e. The van der Waals surface area contributed by atoms with Gasteiger partial charge in [-0.25, -0.2) is 8.78 Å². The van der Waals surface area contributed by atoms with Crippen LogP contribution in [0.1, 0.15) is 49.8 Å². The largest absolute Gasteiger partial charge is 0.375 e. The summed E-state index contributed by atoms with van der Waals surface area (Å²) in [7, 11) is 0. The first-order valence-corrected chi connectivity index (χ1v) is 7.49. The highest BCUT2D eigenvalue weighted by atomic mass is 19.2. The first-order valence-electron chi connectivity index (χ1n) is 7.49. The maximum Gasteiger partial charge on any atom is 0.162 e. The van der Waals surface area contributed by atoms with Gasteiger partial charge < -0.3 is 4.74 Å². The average molecular weight is 282 g/mol. The van der Waals surface area contributed by atoms with Crippen molar-refractivity contribution in [2.75, 3.05) is 0 Å². The van der Waals surface area contributed by atoms with E-state index in [0.29, 0.717) is 23.1 Å². The van der Waals surface area contributed by atoms with Crippen molar-refractivity contribution in [3.63, 3.8) is 0 Å². The number of hydrogen-bond acceptors (Lipinski definition) is 1. The second-order valence-corrected chi connectivity index (χ2v) is 6.18. The highest BCUT2D eigenvalue weighted by Gasteiger charge is 2.26. The zero-order valence-corrected chi connectivity index (χ0v) is 12.8. The molecule has 0 aromatic heterocycles. The van der Waals surface area contributed by atoms with Gasteiger partial charge in [-0.1, -0.05) is 13.0 Å². The molecule has 1 saturated heterocycles. The molecule has 1 aliphatic rings. The van der Waals surface area contributed by atoms with E-state index in [0.717, 1.165) is 24.8 Å². The van der Waals surface area contributed by atoms with Gasteiger partial charge in [0.05, 0.1) is 12.2 Å². The molecule has 0 spiro atoms. The van der Waals surface area contributed by atoms with Crippen LogP contribution in [0.4, 0.5) is 8.78 Å². The number of hydrogen-bond donors (Lipinski definition) is 0. The monoisotopic (exact) mass is 282 g/mol. The van der Waals surface area contributed by atoms with Crippen LogP contribution in [-0.2, 0) is 11.2 Å². The van der Waals surface area contributed by atoms with Crippen LogP contribution in [0.3, 0.4) is 0 Å². The van der Waals surface area contributed by atoms with E-state index in [1.165, 1.54) is 6.42 Å². The van der Waals surface area contributed by atoms with Crippen LogP contribution in [-0.4, -0.2) is 12.2 Å². The minimum atomic E-state index is -0.720. The number of aryl methyl sites for hydroxylation is 2. The van der Waals surface area contributed by atoms with E-state index in [2.05, 4.69) is 13.8 Å². The van der Waals surface area contributed by atoms with E-state index in [-0.39, 0.29) is 6.10 Å². The molecule has 3 heteroatoms. The molecule has 1 aromatic carbocycles. The van der Waals surface area contributed by atoms with Gasteiger partial charge in [-0.05, 0) is 69.1 Å². The molecule has 2 rings (SSSR count). The Morgan fingerprint density at radius 3 is 2.55 bits per heavy atom. The van der Waals surface area contributed by atoms with Crippen molar-refractivity contribution in [3.8, 4) is 0 Å². The Morgan fingerprint density at radius 1 is 1.15 bits per heavy atom. The number of rotatable bonds is 3. The lowest BCUT2D eigenvalue weighted by molar-refractivity contribution is -0.0729. The van der Waals surface area contributed by atoms with Crippen LogP contribution in [0.15, 0.2) is 6.07 Å². The molecule has 3 unspecified atom stereocenters. The SMILES string of the molecule is Cc1cc(CCC2OC(C)CCC2C)c(C)c(F)c1F. The Balaban J connectivity index is 2.07. The Labute approximate surface area is 120 Å². The molecule has 3 atom stereocenters. The minimum absolute atomic E-state index is 0.228. The highest BCUT2D eigenvalue weighted by Crippen LogP contribution is 2.29. The zero-order chi connectivity index (χ0) is 14.9. The topological polar surface area (TPSA) is 9.23 Å². The number of benzene rings is 1. The third-order valence-electron chi connectivity index (χ3n) is 4.51. The quantitative estimate of drug-likeness (QED) is 0.779. The molecule has 0 bridgehead atoms. The summed E-state index contributed by atoms with van der Waals surface area (Å²) in [4.78, 5) is 0. The van der Waals surface area contributed by atoms with E-state index >= 15 is 0 Å². The Kier molecular flexibility index (Phi) is 4.79. The van der Waals surface area contributed by atoms with Crippen molar-refractivity contribution in [1.29, 1.82) is 0 Å². The van der Waals surface area contributed by atoms with Gasteiger partial charge in [0.25, 0.3) is 0 Å². The third-order valence-corrected chi connectivity index (χ3v) is 4.51. The van der Waals surface area contributed by atoms with E-state index in [1.807, 2.05) is 0 Å². The molecule has 1 heterocycles. The fourth-order valence-corrected chi connectivity index (χ4v) is 3.01. The van der Waals surface area contributed by atoms with E-state index in [9.17, 15) is 8.78 Å². The number of ether oxygens (including phenoxy) is 1. The normalized spacial score (nSPS) is 26.8. The van der Waals surface area contributed by atoms with Crippen molar-refractivity contribution >= 4 is 0 Å². The minimum Gasteiger partial charge on any atom is -0.375 e. The maximum atomic E-state index is 13.8. The van der Waals surface area contributed by atoms with Crippen LogP contribution >= 0.6 is 0 Å². The molecule has 1 fully saturated rings. The van der Waals surface area contributed by atoms with Gasteiger partial charge >= 0.3 is 0 Å². The van der Waals surface area contributed by atoms with E-state index < -0.39 is 11.6 Å². The molecule has 1 aliphatic heterocycles. The second-order valence-electron chi connectivity index (χ2n) is 6.18. The molecule has 20 heavy (non-hydrogen) atoms.